The van der Waals surface area contributed by atoms with Gasteiger partial charge in [-0.15, -0.1) is 0 Å². The first-order valence-electron chi connectivity index (χ1n) is 5.97. The van der Waals surface area contributed by atoms with Gasteiger partial charge in [0.05, 0.1) is 25.8 Å². The number of benzene rings is 1. The summed E-state index contributed by atoms with van der Waals surface area (Å²) in [5.74, 6) is 1.21. The molecule has 1 rings (SSSR count). The van der Waals surface area contributed by atoms with Gasteiger partial charge in [0.2, 0.25) is 0 Å². The lowest BCUT2D eigenvalue weighted by Crippen LogP contribution is -2.24. The highest BCUT2D eigenvalue weighted by Gasteiger charge is 2.27. The second-order valence-corrected chi connectivity index (χ2v) is 5.25. The van der Waals surface area contributed by atoms with E-state index >= 15 is 0 Å². The number of ether oxygens (including phenoxy) is 2. The Bertz CT molecular complexity index is 428. The number of hydrogen-bond acceptors (Lipinski definition) is 3. The van der Waals surface area contributed by atoms with Gasteiger partial charge in [0.15, 0.2) is 11.5 Å². The van der Waals surface area contributed by atoms with Gasteiger partial charge in [-0.3, -0.25) is 0 Å². The molecule has 0 aliphatic rings. The van der Waals surface area contributed by atoms with Gasteiger partial charge in [-0.05, 0) is 18.1 Å². The molecule has 4 heteroatoms. The minimum Gasteiger partial charge on any atom is -0.493 e. The smallest absolute Gasteiger partial charge is 0.179 e. The highest BCUT2D eigenvalue weighted by atomic mass is 35.5. The van der Waals surface area contributed by atoms with Gasteiger partial charge in [0.1, 0.15) is 0 Å². The number of methoxy groups -OCH3 is 2. The summed E-state index contributed by atoms with van der Waals surface area (Å²) >= 11 is 6.22. The molecule has 3 nitrogen and oxygen atoms in total. The average molecular weight is 273 g/mol. The van der Waals surface area contributed by atoms with Crippen molar-refractivity contribution in [2.45, 2.75) is 32.6 Å². The molecule has 1 aromatic rings. The highest BCUT2D eigenvalue weighted by Crippen LogP contribution is 2.43. The molecule has 0 saturated carbocycles. The number of halogens is 1. The van der Waals surface area contributed by atoms with Crippen LogP contribution in [0.5, 0.6) is 11.5 Å². The fourth-order valence-corrected chi connectivity index (χ4v) is 2.37. The van der Waals surface area contributed by atoms with E-state index in [1.54, 1.807) is 14.2 Å². The standard InChI is InChI=1S/C14H21ClO3/c1-6-9-10(14(2,3)8-16)7-11(15)13(18-5)12(9)17-4/h7,16H,6,8H2,1-5H3. The van der Waals surface area contributed by atoms with Gasteiger partial charge < -0.3 is 14.6 Å². The predicted molar refractivity (Wildman–Crippen MR) is 74.0 cm³/mol. The van der Waals surface area contributed by atoms with Crippen molar-refractivity contribution in [3.05, 3.63) is 22.2 Å². The van der Waals surface area contributed by atoms with Crippen LogP contribution in [0.1, 0.15) is 31.9 Å². The molecule has 0 amide bonds. The number of rotatable bonds is 5. The molecule has 0 saturated heterocycles. The first-order chi connectivity index (χ1) is 8.42. The monoisotopic (exact) mass is 272 g/mol. The maximum atomic E-state index is 9.53. The Morgan fingerprint density at radius 2 is 1.78 bits per heavy atom. The van der Waals surface area contributed by atoms with Crippen LogP contribution in [0.3, 0.4) is 0 Å². The summed E-state index contributed by atoms with van der Waals surface area (Å²) in [6.07, 6.45) is 0.787. The molecule has 1 N–H and O–H groups in total. The second kappa shape index (κ2) is 5.81. The third-order valence-electron chi connectivity index (χ3n) is 3.18. The van der Waals surface area contributed by atoms with Gasteiger partial charge in [-0.1, -0.05) is 32.4 Å². The van der Waals surface area contributed by atoms with Gasteiger partial charge in [-0.25, -0.2) is 0 Å². The summed E-state index contributed by atoms with van der Waals surface area (Å²) in [7, 11) is 3.17. The third-order valence-corrected chi connectivity index (χ3v) is 3.46. The Morgan fingerprint density at radius 3 is 2.17 bits per heavy atom. The Hall–Kier alpha value is -0.930. The van der Waals surface area contributed by atoms with E-state index in [9.17, 15) is 5.11 Å². The van der Waals surface area contributed by atoms with Gasteiger partial charge in [0, 0.05) is 11.0 Å². The van der Waals surface area contributed by atoms with Crippen molar-refractivity contribution in [1.82, 2.24) is 0 Å². The molecule has 0 aliphatic carbocycles. The third kappa shape index (κ3) is 2.57. The molecule has 0 atom stereocenters. The van der Waals surface area contributed by atoms with Crippen molar-refractivity contribution < 1.29 is 14.6 Å². The molecule has 0 unspecified atom stereocenters. The van der Waals surface area contributed by atoms with E-state index in [1.165, 1.54) is 0 Å². The predicted octanol–water partition coefficient (Wildman–Crippen LogP) is 3.19. The molecule has 0 radical (unpaired) electrons. The molecular formula is C14H21ClO3. The number of aliphatic hydroxyl groups is 1. The van der Waals surface area contributed by atoms with Crippen molar-refractivity contribution in [3.8, 4) is 11.5 Å². The van der Waals surface area contributed by atoms with E-state index in [2.05, 4.69) is 0 Å². The highest BCUT2D eigenvalue weighted by molar-refractivity contribution is 6.32. The second-order valence-electron chi connectivity index (χ2n) is 4.85. The van der Waals surface area contributed by atoms with Crippen LogP contribution in [0.4, 0.5) is 0 Å². The summed E-state index contributed by atoms with van der Waals surface area (Å²) in [5, 5.41) is 10.0. The maximum absolute atomic E-state index is 9.53. The van der Waals surface area contributed by atoms with Crippen molar-refractivity contribution in [3.63, 3.8) is 0 Å². The fraction of sp³-hybridized carbons (Fsp3) is 0.571. The van der Waals surface area contributed by atoms with Crippen molar-refractivity contribution in [2.24, 2.45) is 0 Å². The van der Waals surface area contributed by atoms with Crippen LogP contribution in [0, 0.1) is 0 Å². The first-order valence-corrected chi connectivity index (χ1v) is 6.35. The fourth-order valence-electron chi connectivity index (χ4n) is 2.09. The zero-order valence-electron chi connectivity index (χ0n) is 11.6. The lowest BCUT2D eigenvalue weighted by Gasteiger charge is -2.27. The van der Waals surface area contributed by atoms with Gasteiger partial charge in [0.25, 0.3) is 0 Å². The Balaban J connectivity index is 3.59. The molecule has 0 bridgehead atoms. The number of hydrogen-bond donors (Lipinski definition) is 1. The lowest BCUT2D eigenvalue weighted by molar-refractivity contribution is 0.217. The summed E-state index contributed by atoms with van der Waals surface area (Å²) in [6.45, 7) is 6.04. The van der Waals surface area contributed by atoms with Crippen molar-refractivity contribution >= 4 is 11.6 Å². The molecule has 102 valence electrons. The largest absolute Gasteiger partial charge is 0.493 e. The Kier molecular flexibility index (Phi) is 4.88. The topological polar surface area (TPSA) is 38.7 Å². The van der Waals surface area contributed by atoms with E-state index in [1.807, 2.05) is 26.8 Å². The zero-order chi connectivity index (χ0) is 13.9. The van der Waals surface area contributed by atoms with E-state index in [4.69, 9.17) is 21.1 Å². The Labute approximate surface area is 114 Å². The van der Waals surface area contributed by atoms with Crippen molar-refractivity contribution in [1.29, 1.82) is 0 Å². The lowest BCUT2D eigenvalue weighted by atomic mass is 9.81. The van der Waals surface area contributed by atoms with Gasteiger partial charge in [-0.2, -0.15) is 0 Å². The summed E-state index contributed by atoms with van der Waals surface area (Å²) in [5.41, 5.74) is 1.65. The molecule has 18 heavy (non-hydrogen) atoms. The zero-order valence-corrected chi connectivity index (χ0v) is 12.4. The van der Waals surface area contributed by atoms with Crippen LogP contribution >= 0.6 is 11.6 Å². The molecular weight excluding hydrogens is 252 g/mol. The van der Waals surface area contributed by atoms with E-state index in [0.29, 0.717) is 16.5 Å². The molecule has 0 heterocycles. The minimum atomic E-state index is -0.367. The van der Waals surface area contributed by atoms with Crippen LogP contribution in [0.25, 0.3) is 0 Å². The van der Waals surface area contributed by atoms with Crippen LogP contribution < -0.4 is 9.47 Å². The summed E-state index contributed by atoms with van der Waals surface area (Å²) in [4.78, 5) is 0. The molecule has 1 aromatic carbocycles. The van der Waals surface area contributed by atoms with Gasteiger partial charge >= 0.3 is 0 Å². The van der Waals surface area contributed by atoms with Crippen molar-refractivity contribution in [2.75, 3.05) is 20.8 Å². The average Bonchev–Trinajstić information content (AvgIpc) is 2.37. The van der Waals surface area contributed by atoms with Crippen LogP contribution in [0.2, 0.25) is 5.02 Å². The molecule has 0 fully saturated rings. The molecule has 0 aromatic heterocycles. The SMILES string of the molecule is CCc1c(C(C)(C)CO)cc(Cl)c(OC)c1OC. The summed E-state index contributed by atoms with van der Waals surface area (Å²) in [6, 6.07) is 1.86. The van der Waals surface area contributed by atoms with Crippen LogP contribution in [-0.4, -0.2) is 25.9 Å². The van der Waals surface area contributed by atoms with E-state index < -0.39 is 0 Å². The number of aliphatic hydroxyl groups excluding tert-OH is 1. The Morgan fingerprint density at radius 1 is 1.22 bits per heavy atom. The van der Waals surface area contributed by atoms with E-state index in [-0.39, 0.29) is 12.0 Å². The minimum absolute atomic E-state index is 0.0474. The quantitative estimate of drug-likeness (QED) is 0.895. The first kappa shape index (κ1) is 15.1. The normalized spacial score (nSPS) is 11.5. The summed E-state index contributed by atoms with van der Waals surface area (Å²) < 4.78 is 10.7. The molecule has 0 spiro atoms. The van der Waals surface area contributed by atoms with Crippen LogP contribution in [0.15, 0.2) is 6.07 Å². The van der Waals surface area contributed by atoms with Crippen LogP contribution in [-0.2, 0) is 11.8 Å². The van der Waals surface area contributed by atoms with E-state index in [0.717, 1.165) is 17.5 Å². The molecule has 0 aliphatic heterocycles. The maximum Gasteiger partial charge on any atom is 0.179 e.